The van der Waals surface area contributed by atoms with Gasteiger partial charge in [0.05, 0.1) is 6.61 Å². The van der Waals surface area contributed by atoms with Crippen molar-refractivity contribution in [3.8, 4) is 5.75 Å². The van der Waals surface area contributed by atoms with Crippen LogP contribution in [0.25, 0.3) is 0 Å². The summed E-state index contributed by atoms with van der Waals surface area (Å²) in [6, 6.07) is 6.53. The van der Waals surface area contributed by atoms with Crippen LogP contribution in [-0.4, -0.2) is 13.2 Å². The van der Waals surface area contributed by atoms with E-state index in [1.165, 1.54) is 36.8 Å². The Hall–Kier alpha value is -1.02. The minimum absolute atomic E-state index is 0.683. The van der Waals surface area contributed by atoms with Gasteiger partial charge in [0, 0.05) is 12.1 Å². The normalized spacial score (nSPS) is 16.0. The summed E-state index contributed by atoms with van der Waals surface area (Å²) in [5, 5.41) is 3.52. The van der Waals surface area contributed by atoms with Crippen LogP contribution in [0, 0.1) is 18.8 Å². The summed E-state index contributed by atoms with van der Waals surface area (Å²) in [5.41, 5.74) is 2.60. The van der Waals surface area contributed by atoms with Crippen LogP contribution >= 0.6 is 0 Å². The number of nitrogens with one attached hydrogen (secondary N) is 1. The first-order valence-corrected chi connectivity index (χ1v) is 8.08. The van der Waals surface area contributed by atoms with E-state index in [4.69, 9.17) is 4.74 Å². The number of hydrogen-bond acceptors (Lipinski definition) is 2. The van der Waals surface area contributed by atoms with E-state index < -0.39 is 0 Å². The number of aryl methyl sites for hydroxylation is 1. The van der Waals surface area contributed by atoms with Gasteiger partial charge in [0.25, 0.3) is 0 Å². The molecule has 1 aliphatic rings. The molecule has 1 aromatic carbocycles. The van der Waals surface area contributed by atoms with E-state index in [0.717, 1.165) is 31.4 Å². The van der Waals surface area contributed by atoms with Crippen LogP contribution in [0.3, 0.4) is 0 Å². The number of ether oxygens (including phenoxy) is 1. The lowest BCUT2D eigenvalue weighted by atomic mass is 10.1. The zero-order chi connectivity index (χ0) is 14.4. The molecule has 0 unspecified atom stereocenters. The molecule has 1 aliphatic carbocycles. The Kier molecular flexibility index (Phi) is 5.90. The lowest BCUT2D eigenvalue weighted by Gasteiger charge is -2.16. The van der Waals surface area contributed by atoms with Gasteiger partial charge in [-0.3, -0.25) is 0 Å². The highest BCUT2D eigenvalue weighted by Crippen LogP contribution is 2.27. The highest BCUT2D eigenvalue weighted by Gasteiger charge is 2.16. The SMILES string of the molecule is Cc1ccc(OCC2CCCC2)c(CNCC(C)C)c1. The second-order valence-electron chi connectivity index (χ2n) is 6.60. The molecule has 2 heteroatoms. The van der Waals surface area contributed by atoms with Gasteiger partial charge in [-0.1, -0.05) is 44.4 Å². The van der Waals surface area contributed by atoms with E-state index in [2.05, 4.69) is 44.3 Å². The third kappa shape index (κ3) is 4.82. The van der Waals surface area contributed by atoms with Crippen LogP contribution < -0.4 is 10.1 Å². The fourth-order valence-corrected chi connectivity index (χ4v) is 2.87. The first-order valence-electron chi connectivity index (χ1n) is 8.08. The topological polar surface area (TPSA) is 21.3 Å². The monoisotopic (exact) mass is 275 g/mol. The van der Waals surface area contributed by atoms with Crippen LogP contribution in [0.15, 0.2) is 18.2 Å². The van der Waals surface area contributed by atoms with Crippen LogP contribution in [-0.2, 0) is 6.54 Å². The van der Waals surface area contributed by atoms with Gasteiger partial charge in [0.1, 0.15) is 5.75 Å². The second-order valence-corrected chi connectivity index (χ2v) is 6.60. The van der Waals surface area contributed by atoms with Gasteiger partial charge in [-0.25, -0.2) is 0 Å². The molecule has 20 heavy (non-hydrogen) atoms. The average Bonchev–Trinajstić information content (AvgIpc) is 2.90. The fraction of sp³-hybridized carbons (Fsp3) is 0.667. The predicted molar refractivity (Wildman–Crippen MR) is 85.2 cm³/mol. The molecule has 0 aliphatic heterocycles. The van der Waals surface area contributed by atoms with Gasteiger partial charge in [-0.05, 0) is 44.2 Å². The summed E-state index contributed by atoms with van der Waals surface area (Å²) in [4.78, 5) is 0. The van der Waals surface area contributed by atoms with Crippen molar-refractivity contribution in [1.29, 1.82) is 0 Å². The largest absolute Gasteiger partial charge is 0.493 e. The molecule has 1 N–H and O–H groups in total. The van der Waals surface area contributed by atoms with Gasteiger partial charge in [0.15, 0.2) is 0 Å². The van der Waals surface area contributed by atoms with E-state index in [-0.39, 0.29) is 0 Å². The highest BCUT2D eigenvalue weighted by atomic mass is 16.5. The first-order chi connectivity index (χ1) is 9.65. The summed E-state index contributed by atoms with van der Waals surface area (Å²) in [6.45, 7) is 9.46. The van der Waals surface area contributed by atoms with Crippen molar-refractivity contribution in [1.82, 2.24) is 5.32 Å². The highest BCUT2D eigenvalue weighted by molar-refractivity contribution is 5.36. The molecule has 112 valence electrons. The molecule has 0 radical (unpaired) electrons. The number of benzene rings is 1. The fourth-order valence-electron chi connectivity index (χ4n) is 2.87. The van der Waals surface area contributed by atoms with E-state index in [9.17, 15) is 0 Å². The zero-order valence-electron chi connectivity index (χ0n) is 13.2. The smallest absolute Gasteiger partial charge is 0.123 e. The molecule has 1 aromatic rings. The van der Waals surface area contributed by atoms with Crippen molar-refractivity contribution in [3.63, 3.8) is 0 Å². The lowest BCUT2D eigenvalue weighted by molar-refractivity contribution is 0.249. The third-order valence-corrected chi connectivity index (χ3v) is 4.03. The predicted octanol–water partition coefficient (Wildman–Crippen LogP) is 4.31. The van der Waals surface area contributed by atoms with E-state index in [0.29, 0.717) is 5.92 Å². The summed E-state index contributed by atoms with van der Waals surface area (Å²) in [7, 11) is 0. The maximum atomic E-state index is 6.09. The number of rotatable bonds is 7. The van der Waals surface area contributed by atoms with Crippen molar-refractivity contribution < 1.29 is 4.74 Å². The van der Waals surface area contributed by atoms with Crippen LogP contribution in [0.4, 0.5) is 0 Å². The van der Waals surface area contributed by atoms with E-state index in [1.54, 1.807) is 0 Å². The molecule has 0 amide bonds. The Morgan fingerprint density at radius 1 is 1.25 bits per heavy atom. The lowest BCUT2D eigenvalue weighted by Crippen LogP contribution is -2.20. The summed E-state index contributed by atoms with van der Waals surface area (Å²) in [6.07, 6.45) is 5.44. The number of hydrogen-bond donors (Lipinski definition) is 1. The standard InChI is InChI=1S/C18H29NO/c1-14(2)11-19-12-17-10-15(3)8-9-18(17)20-13-16-6-4-5-7-16/h8-10,14,16,19H,4-7,11-13H2,1-3H3. The van der Waals surface area contributed by atoms with Crippen LogP contribution in [0.1, 0.15) is 50.7 Å². The maximum Gasteiger partial charge on any atom is 0.123 e. The molecule has 0 bridgehead atoms. The molecule has 0 atom stereocenters. The Morgan fingerprint density at radius 3 is 2.70 bits per heavy atom. The average molecular weight is 275 g/mol. The van der Waals surface area contributed by atoms with Crippen molar-refractivity contribution in [2.24, 2.45) is 11.8 Å². The Bertz CT molecular complexity index is 408. The van der Waals surface area contributed by atoms with Gasteiger partial charge in [0.2, 0.25) is 0 Å². The quantitative estimate of drug-likeness (QED) is 0.800. The first kappa shape index (κ1) is 15.4. The molecule has 0 heterocycles. The summed E-state index contributed by atoms with van der Waals surface area (Å²) >= 11 is 0. The maximum absolute atomic E-state index is 6.09. The Morgan fingerprint density at radius 2 is 2.00 bits per heavy atom. The van der Waals surface area contributed by atoms with Gasteiger partial charge in [-0.2, -0.15) is 0 Å². The zero-order valence-corrected chi connectivity index (χ0v) is 13.2. The summed E-state index contributed by atoms with van der Waals surface area (Å²) < 4.78 is 6.09. The van der Waals surface area contributed by atoms with Crippen LogP contribution in [0.5, 0.6) is 5.75 Å². The molecule has 0 aromatic heterocycles. The Labute approximate surface area is 123 Å². The van der Waals surface area contributed by atoms with Gasteiger partial charge < -0.3 is 10.1 Å². The molecular formula is C18H29NO. The minimum atomic E-state index is 0.683. The molecular weight excluding hydrogens is 246 g/mol. The van der Waals surface area contributed by atoms with E-state index in [1.807, 2.05) is 0 Å². The van der Waals surface area contributed by atoms with Gasteiger partial charge >= 0.3 is 0 Å². The van der Waals surface area contributed by atoms with Gasteiger partial charge in [-0.15, -0.1) is 0 Å². The van der Waals surface area contributed by atoms with Crippen molar-refractivity contribution in [3.05, 3.63) is 29.3 Å². The minimum Gasteiger partial charge on any atom is -0.493 e. The Balaban J connectivity index is 1.91. The summed E-state index contributed by atoms with van der Waals surface area (Å²) in [5.74, 6) is 2.52. The van der Waals surface area contributed by atoms with Crippen molar-refractivity contribution >= 4 is 0 Å². The molecule has 2 nitrogen and oxygen atoms in total. The van der Waals surface area contributed by atoms with Crippen molar-refractivity contribution in [2.75, 3.05) is 13.2 Å². The van der Waals surface area contributed by atoms with Crippen molar-refractivity contribution in [2.45, 2.75) is 53.0 Å². The third-order valence-electron chi connectivity index (χ3n) is 4.03. The molecule has 1 saturated carbocycles. The molecule has 0 spiro atoms. The second kappa shape index (κ2) is 7.68. The molecule has 1 fully saturated rings. The molecule has 2 rings (SSSR count). The molecule has 0 saturated heterocycles. The van der Waals surface area contributed by atoms with Crippen LogP contribution in [0.2, 0.25) is 0 Å². The van der Waals surface area contributed by atoms with E-state index >= 15 is 0 Å².